The normalized spacial score (nSPS) is 35.4. The van der Waals surface area contributed by atoms with E-state index in [-0.39, 0.29) is 16.9 Å². The molecule has 1 heterocycles. The van der Waals surface area contributed by atoms with Gasteiger partial charge in [-0.1, -0.05) is 13.8 Å². The molecule has 3 atom stereocenters. The van der Waals surface area contributed by atoms with Gasteiger partial charge in [-0.05, 0) is 30.6 Å². The van der Waals surface area contributed by atoms with Crippen LogP contribution in [0, 0.1) is 11.3 Å². The van der Waals surface area contributed by atoms with Crippen LogP contribution in [0.25, 0.3) is 0 Å². The summed E-state index contributed by atoms with van der Waals surface area (Å²) < 4.78 is 0. The van der Waals surface area contributed by atoms with Crippen molar-refractivity contribution in [3.63, 3.8) is 0 Å². The Labute approximate surface area is 101 Å². The first-order valence-corrected chi connectivity index (χ1v) is 6.03. The Morgan fingerprint density at radius 2 is 2.18 bits per heavy atom. The fourth-order valence-corrected chi connectivity index (χ4v) is 3.38. The van der Waals surface area contributed by atoms with E-state index in [4.69, 9.17) is 10.8 Å². The molecule has 0 spiro atoms. The van der Waals surface area contributed by atoms with Crippen LogP contribution in [0.2, 0.25) is 0 Å². The molecule has 0 aromatic carbocycles. The second kappa shape index (κ2) is 3.70. The van der Waals surface area contributed by atoms with Crippen molar-refractivity contribution in [2.75, 3.05) is 0 Å². The molecule has 0 radical (unpaired) electrons. The molecule has 1 aliphatic carbocycles. The van der Waals surface area contributed by atoms with Crippen LogP contribution in [0.5, 0.6) is 0 Å². The second-order valence-electron chi connectivity index (χ2n) is 6.31. The number of hydrogen-bond donors (Lipinski definition) is 3. The molecule has 0 unspecified atom stereocenters. The van der Waals surface area contributed by atoms with Crippen molar-refractivity contribution >= 4 is 11.9 Å². The van der Waals surface area contributed by atoms with Crippen LogP contribution < -0.4 is 11.1 Å². The van der Waals surface area contributed by atoms with Crippen LogP contribution in [0.15, 0.2) is 0 Å². The monoisotopic (exact) mass is 240 g/mol. The van der Waals surface area contributed by atoms with Crippen LogP contribution in [0.1, 0.15) is 39.5 Å². The SMILES string of the molecule is CC(C)(CC(N)=O)C[C@]12C[C@@H]1C[C@@H](C(=O)O)N2. The third kappa shape index (κ3) is 2.44. The van der Waals surface area contributed by atoms with E-state index in [0.29, 0.717) is 18.8 Å². The first-order chi connectivity index (χ1) is 7.74. The highest BCUT2D eigenvalue weighted by Gasteiger charge is 2.62. The summed E-state index contributed by atoms with van der Waals surface area (Å²) in [4.78, 5) is 21.9. The summed E-state index contributed by atoms with van der Waals surface area (Å²) in [5.41, 5.74) is 5.01. The highest BCUT2D eigenvalue weighted by Crippen LogP contribution is 2.57. The lowest BCUT2D eigenvalue weighted by Crippen LogP contribution is -2.42. The van der Waals surface area contributed by atoms with Gasteiger partial charge >= 0.3 is 5.97 Å². The second-order valence-corrected chi connectivity index (χ2v) is 6.31. The molecule has 1 saturated carbocycles. The summed E-state index contributed by atoms with van der Waals surface area (Å²) >= 11 is 0. The number of carbonyl (C=O) groups is 2. The summed E-state index contributed by atoms with van der Waals surface area (Å²) in [5, 5.41) is 12.2. The quantitative estimate of drug-likeness (QED) is 0.652. The number of amides is 1. The summed E-state index contributed by atoms with van der Waals surface area (Å²) in [7, 11) is 0. The summed E-state index contributed by atoms with van der Waals surface area (Å²) in [6, 6.07) is -0.418. The molecule has 5 heteroatoms. The third-order valence-corrected chi connectivity index (χ3v) is 3.96. The number of primary amides is 1. The number of aliphatic carboxylic acids is 1. The topological polar surface area (TPSA) is 92.4 Å². The maximum Gasteiger partial charge on any atom is 0.320 e. The van der Waals surface area contributed by atoms with Gasteiger partial charge in [0, 0.05) is 12.0 Å². The molecular formula is C12H20N2O3. The number of rotatable bonds is 5. The fraction of sp³-hybridized carbons (Fsp3) is 0.833. The minimum Gasteiger partial charge on any atom is -0.480 e. The van der Waals surface area contributed by atoms with E-state index in [9.17, 15) is 9.59 Å². The maximum atomic E-state index is 11.0. The number of hydrogen-bond acceptors (Lipinski definition) is 3. The first kappa shape index (κ1) is 12.4. The zero-order valence-electron chi connectivity index (χ0n) is 10.3. The molecule has 5 nitrogen and oxygen atoms in total. The lowest BCUT2D eigenvalue weighted by atomic mass is 9.81. The van der Waals surface area contributed by atoms with Crippen molar-refractivity contribution in [3.8, 4) is 0 Å². The Kier molecular flexibility index (Phi) is 2.69. The fourth-order valence-electron chi connectivity index (χ4n) is 3.38. The van der Waals surface area contributed by atoms with Crippen molar-refractivity contribution in [3.05, 3.63) is 0 Å². The van der Waals surface area contributed by atoms with Crippen molar-refractivity contribution in [1.29, 1.82) is 0 Å². The number of piperidine rings is 1. The van der Waals surface area contributed by atoms with E-state index in [1.807, 2.05) is 13.8 Å². The van der Waals surface area contributed by atoms with E-state index >= 15 is 0 Å². The van der Waals surface area contributed by atoms with Crippen molar-refractivity contribution in [2.45, 2.75) is 51.1 Å². The van der Waals surface area contributed by atoms with Gasteiger partial charge in [0.2, 0.25) is 5.91 Å². The van der Waals surface area contributed by atoms with Gasteiger partial charge in [0.15, 0.2) is 0 Å². The molecular weight excluding hydrogens is 220 g/mol. The van der Waals surface area contributed by atoms with Gasteiger partial charge in [-0.2, -0.15) is 0 Å². The number of nitrogens with one attached hydrogen (secondary N) is 1. The van der Waals surface area contributed by atoms with Gasteiger partial charge in [0.25, 0.3) is 0 Å². The maximum absolute atomic E-state index is 11.0. The van der Waals surface area contributed by atoms with E-state index in [1.165, 1.54) is 0 Å². The van der Waals surface area contributed by atoms with Gasteiger partial charge < -0.3 is 10.8 Å². The Balaban J connectivity index is 1.97. The van der Waals surface area contributed by atoms with Crippen LogP contribution >= 0.6 is 0 Å². The Morgan fingerprint density at radius 3 is 2.65 bits per heavy atom. The van der Waals surface area contributed by atoms with E-state index in [0.717, 1.165) is 12.8 Å². The molecule has 0 bridgehead atoms. The molecule has 2 fully saturated rings. The molecule has 0 aromatic rings. The standard InChI is InChI=1S/C12H20N2O3/c1-11(2,5-9(13)15)6-12-4-7(12)3-8(14-12)10(16)17/h7-8,14H,3-6H2,1-2H3,(H2,13,15)(H,16,17)/t7-,8-,12+/m0/s1. The first-order valence-electron chi connectivity index (χ1n) is 6.03. The number of carbonyl (C=O) groups excluding carboxylic acids is 1. The summed E-state index contributed by atoms with van der Waals surface area (Å²) in [6.07, 6.45) is 2.90. The van der Waals surface area contributed by atoms with Crippen LogP contribution in [-0.2, 0) is 9.59 Å². The smallest absolute Gasteiger partial charge is 0.320 e. The van der Waals surface area contributed by atoms with Crippen LogP contribution in [-0.4, -0.2) is 28.6 Å². The van der Waals surface area contributed by atoms with Gasteiger partial charge in [-0.15, -0.1) is 0 Å². The minimum absolute atomic E-state index is 0.0536. The lowest BCUT2D eigenvalue weighted by molar-refractivity contribution is -0.139. The van der Waals surface area contributed by atoms with E-state index < -0.39 is 12.0 Å². The Hall–Kier alpha value is -1.10. The highest BCUT2D eigenvalue weighted by molar-refractivity contribution is 5.75. The molecule has 17 heavy (non-hydrogen) atoms. The Morgan fingerprint density at radius 1 is 1.53 bits per heavy atom. The molecule has 96 valence electrons. The predicted octanol–water partition coefficient (Wildman–Crippen LogP) is 0.483. The minimum atomic E-state index is -0.774. The molecule has 4 N–H and O–H groups in total. The zero-order valence-corrected chi connectivity index (χ0v) is 10.3. The molecule has 0 aromatic heterocycles. The summed E-state index contributed by atoms with van der Waals surface area (Å²) in [5.74, 6) is -0.614. The number of nitrogens with two attached hydrogens (primary N) is 1. The zero-order chi connectivity index (χ0) is 12.8. The molecule has 1 aliphatic heterocycles. The van der Waals surface area contributed by atoms with Crippen LogP contribution in [0.4, 0.5) is 0 Å². The third-order valence-electron chi connectivity index (χ3n) is 3.96. The number of fused-ring (bicyclic) bond motifs is 1. The number of carboxylic acid groups (broad SMARTS) is 1. The van der Waals surface area contributed by atoms with Crippen molar-refractivity contribution in [1.82, 2.24) is 5.32 Å². The van der Waals surface area contributed by atoms with Gasteiger partial charge in [-0.25, -0.2) is 0 Å². The van der Waals surface area contributed by atoms with E-state index in [2.05, 4.69) is 5.32 Å². The molecule has 1 saturated heterocycles. The van der Waals surface area contributed by atoms with E-state index in [1.54, 1.807) is 0 Å². The molecule has 2 rings (SSSR count). The average molecular weight is 240 g/mol. The summed E-state index contributed by atoms with van der Waals surface area (Å²) in [6.45, 7) is 4.02. The molecule has 2 aliphatic rings. The average Bonchev–Trinajstić information content (AvgIpc) is 2.63. The predicted molar refractivity (Wildman–Crippen MR) is 62.2 cm³/mol. The van der Waals surface area contributed by atoms with Crippen molar-refractivity contribution < 1.29 is 14.7 Å². The van der Waals surface area contributed by atoms with Gasteiger partial charge in [0.1, 0.15) is 6.04 Å². The number of carboxylic acids is 1. The lowest BCUT2D eigenvalue weighted by Gasteiger charge is -2.29. The van der Waals surface area contributed by atoms with Gasteiger partial charge in [0.05, 0.1) is 0 Å². The van der Waals surface area contributed by atoms with Crippen molar-refractivity contribution in [2.24, 2.45) is 17.1 Å². The van der Waals surface area contributed by atoms with Gasteiger partial charge in [-0.3, -0.25) is 14.9 Å². The largest absolute Gasteiger partial charge is 0.480 e. The highest BCUT2D eigenvalue weighted by atomic mass is 16.4. The van der Waals surface area contributed by atoms with Crippen LogP contribution in [0.3, 0.4) is 0 Å². The Bertz CT molecular complexity index is 367. The molecule has 1 amide bonds.